The van der Waals surface area contributed by atoms with Crippen molar-refractivity contribution in [3.63, 3.8) is 0 Å². The summed E-state index contributed by atoms with van der Waals surface area (Å²) in [5.74, 6) is 1.33. The van der Waals surface area contributed by atoms with Gasteiger partial charge in [-0.2, -0.15) is 4.37 Å². The molecular weight excluding hydrogens is 230 g/mol. The van der Waals surface area contributed by atoms with Crippen molar-refractivity contribution in [3.8, 4) is 0 Å². The second-order valence-corrected chi connectivity index (χ2v) is 5.16. The van der Waals surface area contributed by atoms with Gasteiger partial charge in [-0.3, -0.25) is 0 Å². The first-order valence-electron chi connectivity index (χ1n) is 5.75. The fraction of sp³-hybridized carbons (Fsp3) is 0.385. The molecule has 90 valence electrons. The Morgan fingerprint density at radius 3 is 2.53 bits per heavy atom. The highest BCUT2D eigenvalue weighted by Gasteiger charge is 2.11. The molecule has 0 fully saturated rings. The lowest BCUT2D eigenvalue weighted by Crippen LogP contribution is -2.16. The Balaban J connectivity index is 2.07. The minimum atomic E-state index is 0.394. The van der Waals surface area contributed by atoms with Crippen LogP contribution in [0.3, 0.4) is 0 Å². The minimum Gasteiger partial charge on any atom is -0.346 e. The van der Waals surface area contributed by atoms with Gasteiger partial charge in [0.15, 0.2) is 0 Å². The highest BCUT2D eigenvalue weighted by atomic mass is 32.1. The van der Waals surface area contributed by atoms with E-state index in [9.17, 15) is 0 Å². The third-order valence-corrected chi connectivity index (χ3v) is 3.38. The van der Waals surface area contributed by atoms with Crippen molar-refractivity contribution >= 4 is 16.7 Å². The number of hydrogen-bond donors (Lipinski definition) is 0. The molecule has 0 radical (unpaired) electrons. The lowest BCUT2D eigenvalue weighted by Gasteiger charge is -2.14. The topological polar surface area (TPSA) is 29.0 Å². The molecule has 17 heavy (non-hydrogen) atoms. The molecule has 0 N–H and O–H groups in total. The highest BCUT2D eigenvalue weighted by Crippen LogP contribution is 2.21. The zero-order chi connectivity index (χ0) is 12.3. The summed E-state index contributed by atoms with van der Waals surface area (Å²) < 4.78 is 4.37. The van der Waals surface area contributed by atoms with Gasteiger partial charge in [-0.15, -0.1) is 0 Å². The normalized spacial score (nSPS) is 10.8. The third kappa shape index (κ3) is 3.03. The van der Waals surface area contributed by atoms with Gasteiger partial charge in [0.25, 0.3) is 0 Å². The van der Waals surface area contributed by atoms with Gasteiger partial charge in [0.2, 0.25) is 5.13 Å². The fourth-order valence-corrected chi connectivity index (χ4v) is 2.31. The maximum Gasteiger partial charge on any atom is 0.205 e. The molecule has 0 aliphatic rings. The van der Waals surface area contributed by atoms with Crippen LogP contribution >= 0.6 is 11.5 Å². The van der Waals surface area contributed by atoms with Gasteiger partial charge in [-0.25, -0.2) is 4.98 Å². The van der Waals surface area contributed by atoms with Crippen LogP contribution in [0, 0.1) is 0 Å². The third-order valence-electron chi connectivity index (χ3n) is 2.54. The predicted octanol–water partition coefficient (Wildman–Crippen LogP) is 3.30. The van der Waals surface area contributed by atoms with Gasteiger partial charge < -0.3 is 4.90 Å². The van der Waals surface area contributed by atoms with Crippen molar-refractivity contribution in [2.45, 2.75) is 26.3 Å². The molecule has 2 rings (SSSR count). The van der Waals surface area contributed by atoms with Crippen molar-refractivity contribution < 1.29 is 0 Å². The van der Waals surface area contributed by atoms with E-state index in [4.69, 9.17) is 0 Å². The van der Waals surface area contributed by atoms with Gasteiger partial charge in [-0.1, -0.05) is 44.2 Å². The second kappa shape index (κ2) is 5.27. The average Bonchev–Trinajstić information content (AvgIpc) is 2.79. The molecule has 3 nitrogen and oxygen atoms in total. The molecule has 0 aliphatic heterocycles. The van der Waals surface area contributed by atoms with Gasteiger partial charge in [0.1, 0.15) is 5.82 Å². The lowest BCUT2D eigenvalue weighted by atomic mass is 10.2. The first kappa shape index (κ1) is 12.0. The smallest absolute Gasteiger partial charge is 0.205 e. The molecular formula is C13H17N3S. The minimum absolute atomic E-state index is 0.394. The van der Waals surface area contributed by atoms with E-state index in [1.165, 1.54) is 17.1 Å². The lowest BCUT2D eigenvalue weighted by molar-refractivity contribution is 0.792. The van der Waals surface area contributed by atoms with Gasteiger partial charge in [0, 0.05) is 31.0 Å². The number of rotatable bonds is 4. The van der Waals surface area contributed by atoms with E-state index in [1.54, 1.807) is 0 Å². The number of benzene rings is 1. The zero-order valence-electron chi connectivity index (χ0n) is 10.4. The Kier molecular flexibility index (Phi) is 3.74. The molecule has 0 saturated carbocycles. The van der Waals surface area contributed by atoms with Crippen LogP contribution in [0.5, 0.6) is 0 Å². The second-order valence-electron chi connectivity index (χ2n) is 4.43. The number of aromatic nitrogens is 2. The van der Waals surface area contributed by atoms with Crippen molar-refractivity contribution in [3.05, 3.63) is 41.7 Å². The van der Waals surface area contributed by atoms with E-state index < -0.39 is 0 Å². The van der Waals surface area contributed by atoms with Crippen LogP contribution in [-0.4, -0.2) is 16.4 Å². The fourth-order valence-electron chi connectivity index (χ4n) is 1.54. The molecule has 0 amide bonds. The molecule has 0 bridgehead atoms. The molecule has 2 aromatic rings. The Labute approximate surface area is 106 Å². The Morgan fingerprint density at radius 1 is 1.24 bits per heavy atom. The summed E-state index contributed by atoms with van der Waals surface area (Å²) in [4.78, 5) is 6.68. The first-order valence-corrected chi connectivity index (χ1v) is 6.53. The molecule has 4 heteroatoms. The molecule has 0 atom stereocenters. The predicted molar refractivity (Wildman–Crippen MR) is 72.5 cm³/mol. The van der Waals surface area contributed by atoms with Gasteiger partial charge >= 0.3 is 0 Å². The molecule has 1 heterocycles. The molecule has 0 spiro atoms. The first-order chi connectivity index (χ1) is 8.16. The number of anilines is 1. The van der Waals surface area contributed by atoms with E-state index in [-0.39, 0.29) is 0 Å². The van der Waals surface area contributed by atoms with E-state index in [0.29, 0.717) is 5.92 Å². The SMILES string of the molecule is CC(C)c1nsc(N(C)Cc2ccccc2)n1. The van der Waals surface area contributed by atoms with Gasteiger partial charge in [0.05, 0.1) is 0 Å². The maximum absolute atomic E-state index is 4.54. The standard InChI is InChI=1S/C13H17N3S/c1-10(2)12-14-13(17-15-12)16(3)9-11-7-5-4-6-8-11/h4-8,10H,9H2,1-3H3. The molecule has 0 unspecified atom stereocenters. The van der Waals surface area contributed by atoms with Crippen LogP contribution in [0.15, 0.2) is 30.3 Å². The van der Waals surface area contributed by atoms with Crippen LogP contribution in [0.25, 0.3) is 0 Å². The quantitative estimate of drug-likeness (QED) is 0.830. The Hall–Kier alpha value is -1.42. The molecule has 1 aromatic heterocycles. The summed E-state index contributed by atoms with van der Waals surface area (Å²) >= 11 is 1.47. The van der Waals surface area contributed by atoms with Crippen molar-refractivity contribution in [2.24, 2.45) is 0 Å². The monoisotopic (exact) mass is 247 g/mol. The summed E-state index contributed by atoms with van der Waals surface area (Å²) in [5.41, 5.74) is 1.29. The number of hydrogen-bond acceptors (Lipinski definition) is 4. The van der Waals surface area contributed by atoms with Gasteiger partial charge in [-0.05, 0) is 5.56 Å². The molecule has 1 aromatic carbocycles. The highest BCUT2D eigenvalue weighted by molar-refractivity contribution is 7.09. The summed E-state index contributed by atoms with van der Waals surface area (Å²) in [6.07, 6.45) is 0. The van der Waals surface area contributed by atoms with Crippen LogP contribution in [-0.2, 0) is 6.54 Å². The van der Waals surface area contributed by atoms with Crippen LogP contribution in [0.4, 0.5) is 5.13 Å². The number of nitrogens with zero attached hydrogens (tertiary/aromatic N) is 3. The Morgan fingerprint density at radius 2 is 1.94 bits per heavy atom. The van der Waals surface area contributed by atoms with E-state index in [0.717, 1.165) is 17.5 Å². The summed E-state index contributed by atoms with van der Waals surface area (Å²) in [6.45, 7) is 5.10. The summed E-state index contributed by atoms with van der Waals surface area (Å²) in [6, 6.07) is 10.4. The summed E-state index contributed by atoms with van der Waals surface area (Å²) in [7, 11) is 2.05. The van der Waals surface area contributed by atoms with E-state index in [2.05, 4.69) is 59.4 Å². The van der Waals surface area contributed by atoms with Crippen LogP contribution in [0.2, 0.25) is 0 Å². The average molecular weight is 247 g/mol. The van der Waals surface area contributed by atoms with Crippen molar-refractivity contribution in [2.75, 3.05) is 11.9 Å². The molecule has 0 aliphatic carbocycles. The maximum atomic E-state index is 4.54. The van der Waals surface area contributed by atoms with Crippen molar-refractivity contribution in [1.29, 1.82) is 0 Å². The molecule has 0 saturated heterocycles. The van der Waals surface area contributed by atoms with E-state index in [1.807, 2.05) is 6.07 Å². The zero-order valence-corrected chi connectivity index (χ0v) is 11.2. The Bertz CT molecular complexity index is 465. The summed E-state index contributed by atoms with van der Waals surface area (Å²) in [5, 5.41) is 0.984. The van der Waals surface area contributed by atoms with E-state index >= 15 is 0 Å². The van der Waals surface area contributed by atoms with Crippen LogP contribution < -0.4 is 4.90 Å². The largest absolute Gasteiger partial charge is 0.346 e. The van der Waals surface area contributed by atoms with Crippen LogP contribution in [0.1, 0.15) is 31.2 Å². The van der Waals surface area contributed by atoms with Crippen molar-refractivity contribution in [1.82, 2.24) is 9.36 Å².